The number of anilines is 1. The SMILES string of the molecule is COc1ccc(N2CC(C(=O)NCCOCC(F)(F)F)CC2=O)cc1. The van der Waals surface area contributed by atoms with Gasteiger partial charge in [-0.2, -0.15) is 13.2 Å². The van der Waals surface area contributed by atoms with Gasteiger partial charge in [-0.25, -0.2) is 0 Å². The van der Waals surface area contributed by atoms with E-state index in [1.54, 1.807) is 24.3 Å². The van der Waals surface area contributed by atoms with Crippen LogP contribution in [0.3, 0.4) is 0 Å². The van der Waals surface area contributed by atoms with Crippen LogP contribution in [0.5, 0.6) is 5.75 Å². The highest BCUT2D eigenvalue weighted by atomic mass is 19.4. The lowest BCUT2D eigenvalue weighted by Gasteiger charge is -2.17. The van der Waals surface area contributed by atoms with Crippen LogP contribution >= 0.6 is 0 Å². The van der Waals surface area contributed by atoms with E-state index < -0.39 is 18.7 Å². The molecule has 0 saturated carbocycles. The Kier molecular flexibility index (Phi) is 6.24. The zero-order valence-corrected chi connectivity index (χ0v) is 13.6. The molecule has 1 aliphatic rings. The molecule has 2 amide bonds. The second-order valence-electron chi connectivity index (χ2n) is 5.56. The Hall–Kier alpha value is -2.29. The lowest BCUT2D eigenvalue weighted by atomic mass is 10.1. The predicted octanol–water partition coefficient (Wildman–Crippen LogP) is 1.74. The predicted molar refractivity (Wildman–Crippen MR) is 83.3 cm³/mol. The first-order valence-corrected chi connectivity index (χ1v) is 7.67. The molecule has 0 bridgehead atoms. The number of amides is 2. The molecule has 0 spiro atoms. The first-order valence-electron chi connectivity index (χ1n) is 7.67. The van der Waals surface area contributed by atoms with E-state index in [1.807, 2.05) is 0 Å². The molecule has 1 aromatic carbocycles. The van der Waals surface area contributed by atoms with Crippen LogP contribution in [0.15, 0.2) is 24.3 Å². The summed E-state index contributed by atoms with van der Waals surface area (Å²) in [4.78, 5) is 25.6. The third-order valence-electron chi connectivity index (χ3n) is 3.69. The van der Waals surface area contributed by atoms with Crippen molar-refractivity contribution >= 4 is 17.5 Å². The molecular formula is C16H19F3N2O4. The van der Waals surface area contributed by atoms with Crippen LogP contribution < -0.4 is 15.0 Å². The Morgan fingerprint density at radius 3 is 2.60 bits per heavy atom. The number of halogens is 3. The van der Waals surface area contributed by atoms with Gasteiger partial charge in [0.25, 0.3) is 0 Å². The molecule has 6 nitrogen and oxygen atoms in total. The first-order chi connectivity index (χ1) is 11.8. The molecule has 25 heavy (non-hydrogen) atoms. The maximum absolute atomic E-state index is 12.1. The Bertz CT molecular complexity index is 604. The highest BCUT2D eigenvalue weighted by molar-refractivity contribution is 6.00. The molecule has 2 rings (SSSR count). The topological polar surface area (TPSA) is 67.9 Å². The third-order valence-corrected chi connectivity index (χ3v) is 3.69. The van der Waals surface area contributed by atoms with Crippen molar-refractivity contribution in [1.29, 1.82) is 0 Å². The number of nitrogens with one attached hydrogen (secondary N) is 1. The van der Waals surface area contributed by atoms with E-state index in [-0.39, 0.29) is 37.9 Å². The quantitative estimate of drug-likeness (QED) is 0.753. The average Bonchev–Trinajstić information content (AvgIpc) is 2.95. The van der Waals surface area contributed by atoms with Crippen LogP contribution in [-0.2, 0) is 14.3 Å². The molecular weight excluding hydrogens is 341 g/mol. The molecule has 9 heteroatoms. The van der Waals surface area contributed by atoms with Gasteiger partial charge in [-0.3, -0.25) is 9.59 Å². The number of ether oxygens (including phenoxy) is 2. The minimum atomic E-state index is -4.39. The summed E-state index contributed by atoms with van der Waals surface area (Å²) < 4.78 is 45.2. The standard InChI is InChI=1S/C16H19F3N2O4/c1-24-13-4-2-12(3-5-13)21-9-11(8-14(21)22)15(23)20-6-7-25-10-16(17,18)19/h2-5,11H,6-10H2,1H3,(H,20,23). The molecule has 0 radical (unpaired) electrons. The highest BCUT2D eigenvalue weighted by Gasteiger charge is 2.35. The number of hydrogen-bond acceptors (Lipinski definition) is 4. The van der Waals surface area contributed by atoms with E-state index in [0.29, 0.717) is 11.4 Å². The summed E-state index contributed by atoms with van der Waals surface area (Å²) in [5.41, 5.74) is 0.662. The summed E-state index contributed by atoms with van der Waals surface area (Å²) in [6.45, 7) is -1.41. The zero-order valence-electron chi connectivity index (χ0n) is 13.6. The number of benzene rings is 1. The summed E-state index contributed by atoms with van der Waals surface area (Å²) in [5.74, 6) is -0.445. The van der Waals surface area contributed by atoms with E-state index in [2.05, 4.69) is 10.1 Å². The fraction of sp³-hybridized carbons (Fsp3) is 0.500. The number of hydrogen-bond donors (Lipinski definition) is 1. The van der Waals surface area contributed by atoms with Crippen LogP contribution in [0.25, 0.3) is 0 Å². The Balaban J connectivity index is 1.79. The summed E-state index contributed by atoms with van der Waals surface area (Å²) in [6, 6.07) is 6.88. The smallest absolute Gasteiger partial charge is 0.411 e. The average molecular weight is 360 g/mol. The van der Waals surface area contributed by atoms with Gasteiger partial charge in [0.2, 0.25) is 11.8 Å². The Morgan fingerprint density at radius 1 is 1.32 bits per heavy atom. The van der Waals surface area contributed by atoms with Crippen LogP contribution in [0.2, 0.25) is 0 Å². The molecule has 138 valence electrons. The van der Waals surface area contributed by atoms with Crippen LogP contribution in [0, 0.1) is 5.92 Å². The summed E-state index contributed by atoms with van der Waals surface area (Å²) in [5, 5.41) is 2.49. The fourth-order valence-electron chi connectivity index (χ4n) is 2.47. The van der Waals surface area contributed by atoms with Crippen molar-refractivity contribution in [2.45, 2.75) is 12.6 Å². The molecule has 1 atom stereocenters. The first kappa shape index (κ1) is 19.0. The molecule has 1 fully saturated rings. The number of methoxy groups -OCH3 is 1. The Morgan fingerprint density at radius 2 is 2.00 bits per heavy atom. The maximum Gasteiger partial charge on any atom is 0.411 e. The molecule has 1 unspecified atom stereocenters. The van der Waals surface area contributed by atoms with Gasteiger partial charge in [0, 0.05) is 25.2 Å². The third kappa shape index (κ3) is 5.63. The molecule has 1 heterocycles. The van der Waals surface area contributed by atoms with E-state index in [1.165, 1.54) is 12.0 Å². The van der Waals surface area contributed by atoms with Gasteiger partial charge in [0.1, 0.15) is 12.4 Å². The van der Waals surface area contributed by atoms with Gasteiger partial charge in [-0.1, -0.05) is 0 Å². The van der Waals surface area contributed by atoms with Crippen molar-refractivity contribution in [1.82, 2.24) is 5.32 Å². The number of alkyl halides is 3. The maximum atomic E-state index is 12.1. The van der Waals surface area contributed by atoms with Gasteiger partial charge in [-0.05, 0) is 24.3 Å². The van der Waals surface area contributed by atoms with Crippen molar-refractivity contribution in [3.8, 4) is 5.75 Å². The van der Waals surface area contributed by atoms with E-state index in [9.17, 15) is 22.8 Å². The van der Waals surface area contributed by atoms with Gasteiger partial charge < -0.3 is 19.7 Å². The largest absolute Gasteiger partial charge is 0.497 e. The van der Waals surface area contributed by atoms with Crippen molar-refractivity contribution in [2.24, 2.45) is 5.92 Å². The molecule has 0 aromatic heterocycles. The van der Waals surface area contributed by atoms with E-state index in [0.717, 1.165) is 0 Å². The normalized spacial score (nSPS) is 17.7. The molecule has 1 N–H and O–H groups in total. The summed E-state index contributed by atoms with van der Waals surface area (Å²) in [7, 11) is 1.54. The van der Waals surface area contributed by atoms with Gasteiger partial charge in [-0.15, -0.1) is 0 Å². The zero-order chi connectivity index (χ0) is 18.4. The molecule has 0 aliphatic carbocycles. The summed E-state index contributed by atoms with van der Waals surface area (Å²) >= 11 is 0. The fourth-order valence-corrected chi connectivity index (χ4v) is 2.47. The number of nitrogens with zero attached hydrogens (tertiary/aromatic N) is 1. The molecule has 1 saturated heterocycles. The lowest BCUT2D eigenvalue weighted by molar-refractivity contribution is -0.173. The molecule has 1 aromatic rings. The van der Waals surface area contributed by atoms with Crippen LogP contribution in [0.4, 0.5) is 18.9 Å². The minimum absolute atomic E-state index is 0.0395. The van der Waals surface area contributed by atoms with Crippen molar-refractivity contribution in [2.75, 3.05) is 38.3 Å². The van der Waals surface area contributed by atoms with Crippen LogP contribution in [-0.4, -0.2) is 51.4 Å². The number of carbonyl (C=O) groups excluding carboxylic acids is 2. The Labute approximate surface area is 142 Å². The second kappa shape index (κ2) is 8.19. The van der Waals surface area contributed by atoms with Gasteiger partial charge in [0.05, 0.1) is 19.6 Å². The van der Waals surface area contributed by atoms with E-state index in [4.69, 9.17) is 4.74 Å². The van der Waals surface area contributed by atoms with Gasteiger partial charge in [0.15, 0.2) is 0 Å². The van der Waals surface area contributed by atoms with Crippen LogP contribution in [0.1, 0.15) is 6.42 Å². The number of rotatable bonds is 7. The van der Waals surface area contributed by atoms with Crippen molar-refractivity contribution < 1.29 is 32.2 Å². The number of carbonyl (C=O) groups is 2. The second-order valence-corrected chi connectivity index (χ2v) is 5.56. The summed E-state index contributed by atoms with van der Waals surface area (Å²) in [6.07, 6.45) is -4.33. The highest BCUT2D eigenvalue weighted by Crippen LogP contribution is 2.26. The van der Waals surface area contributed by atoms with Gasteiger partial charge >= 0.3 is 6.18 Å². The van der Waals surface area contributed by atoms with Crippen molar-refractivity contribution in [3.05, 3.63) is 24.3 Å². The van der Waals surface area contributed by atoms with E-state index >= 15 is 0 Å². The lowest BCUT2D eigenvalue weighted by Crippen LogP contribution is -2.35. The minimum Gasteiger partial charge on any atom is -0.497 e. The molecule has 1 aliphatic heterocycles. The van der Waals surface area contributed by atoms with Crippen molar-refractivity contribution in [3.63, 3.8) is 0 Å². The monoisotopic (exact) mass is 360 g/mol.